The van der Waals surface area contributed by atoms with E-state index >= 15 is 0 Å². The Bertz CT molecular complexity index is 11.6. The maximum Gasteiger partial charge on any atom is 0 e. The summed E-state index contributed by atoms with van der Waals surface area (Å²) in [5, 5.41) is 0. The van der Waals surface area contributed by atoms with E-state index in [1.807, 2.05) is 0 Å². The first kappa shape index (κ1) is 35.6. The SMILES string of the molecule is [Fe].[MgH2].[Mo].[SrH2].[Zn]. The molecule has 0 amide bonds. The summed E-state index contributed by atoms with van der Waals surface area (Å²) in [5.74, 6) is 0. The molecule has 0 N–H and O–H groups in total. The first-order valence-electron chi connectivity index (χ1n) is 0. The van der Waals surface area contributed by atoms with Gasteiger partial charge in [-0.1, -0.05) is 0 Å². The van der Waals surface area contributed by atoms with E-state index in [0.29, 0.717) is 0 Å². The molecular weight excluding hydrogens is 329 g/mol. The summed E-state index contributed by atoms with van der Waals surface area (Å²) < 4.78 is 0. The molecule has 5 heavy (non-hydrogen) atoms. The van der Waals surface area contributed by atoms with Crippen molar-refractivity contribution < 1.29 is 57.6 Å². The number of rotatable bonds is 0. The third-order valence-corrected chi connectivity index (χ3v) is 0. The van der Waals surface area contributed by atoms with Crippen LogP contribution in [0.15, 0.2) is 0 Å². The molecule has 0 atom stereocenters. The van der Waals surface area contributed by atoms with Crippen LogP contribution in [0.5, 0.6) is 0 Å². The Morgan fingerprint density at radius 1 is 1.00 bits per heavy atom. The van der Waals surface area contributed by atoms with Gasteiger partial charge in [-0.3, -0.25) is 0 Å². The van der Waals surface area contributed by atoms with E-state index in [-0.39, 0.29) is 126 Å². The van der Waals surface area contributed by atoms with Crippen LogP contribution >= 0.6 is 0 Å². The molecule has 0 radical (unpaired) electrons. The van der Waals surface area contributed by atoms with Crippen LogP contribution in [-0.2, 0) is 57.6 Å². The van der Waals surface area contributed by atoms with Gasteiger partial charge in [0.25, 0.3) is 0 Å². The predicted octanol–water partition coefficient (Wildman–Crippen LogP) is -1.84. The van der Waals surface area contributed by atoms with Crippen molar-refractivity contribution in [2.24, 2.45) is 0 Å². The van der Waals surface area contributed by atoms with E-state index in [0.717, 1.165) is 0 Å². The quantitative estimate of drug-likeness (QED) is 0.457. The zero-order valence-electron chi connectivity index (χ0n) is 1.47. The van der Waals surface area contributed by atoms with Gasteiger partial charge in [-0.05, 0) is 0 Å². The van der Waals surface area contributed by atoms with E-state index in [1.54, 1.807) is 0 Å². The maximum atomic E-state index is 0. The molecule has 0 aromatic carbocycles. The fraction of sp³-hybridized carbons (Fsp3) is 0. The van der Waals surface area contributed by atoms with Gasteiger partial charge in [-0.25, -0.2) is 0 Å². The van der Waals surface area contributed by atoms with Crippen LogP contribution in [0, 0.1) is 0 Å². The zero-order chi connectivity index (χ0) is 0. The fourth-order valence-electron chi connectivity index (χ4n) is 0. The van der Waals surface area contributed by atoms with E-state index in [1.165, 1.54) is 0 Å². The van der Waals surface area contributed by atoms with Gasteiger partial charge in [0.2, 0.25) is 0 Å². The fourth-order valence-corrected chi connectivity index (χ4v) is 0. The number of hydrogen-bond acceptors (Lipinski definition) is 0. The molecule has 0 spiro atoms. The Morgan fingerprint density at radius 3 is 1.00 bits per heavy atom. The van der Waals surface area contributed by atoms with Crippen molar-refractivity contribution in [3.8, 4) is 0 Å². The molecule has 0 aliphatic carbocycles. The molecule has 24 valence electrons. The van der Waals surface area contributed by atoms with Gasteiger partial charge in [0.15, 0.2) is 0 Å². The van der Waals surface area contributed by atoms with Crippen LogP contribution in [0.25, 0.3) is 0 Å². The molecule has 5 heteroatoms. The molecule has 0 aromatic rings. The second kappa shape index (κ2) is 24.3. The van der Waals surface area contributed by atoms with E-state index < -0.39 is 0 Å². The van der Waals surface area contributed by atoms with Gasteiger partial charge in [-0.2, -0.15) is 0 Å². The standard InChI is InChI=1S/Fe.Mg.Mo.Sr.Zn.4H. The summed E-state index contributed by atoms with van der Waals surface area (Å²) >= 11 is 0. The third kappa shape index (κ3) is 17.9. The van der Waals surface area contributed by atoms with Crippen LogP contribution in [-0.4, -0.2) is 68.5 Å². The first-order valence-corrected chi connectivity index (χ1v) is 0. The van der Waals surface area contributed by atoms with Crippen LogP contribution in [0.2, 0.25) is 0 Å². The Hall–Kier alpha value is 4.08. The van der Waals surface area contributed by atoms with Gasteiger partial charge in [0.05, 0.1) is 0 Å². The van der Waals surface area contributed by atoms with Crippen molar-refractivity contribution in [1.82, 2.24) is 0 Å². The van der Waals surface area contributed by atoms with Crippen molar-refractivity contribution >= 4 is 68.5 Å². The smallest absolute Gasteiger partial charge is 0 e. The topological polar surface area (TPSA) is 0 Å². The molecule has 0 aliphatic rings. The van der Waals surface area contributed by atoms with E-state index in [4.69, 9.17) is 0 Å². The van der Waals surface area contributed by atoms with Crippen LogP contribution in [0.1, 0.15) is 0 Å². The first-order chi connectivity index (χ1) is 0. The summed E-state index contributed by atoms with van der Waals surface area (Å²) in [7, 11) is 0. The van der Waals surface area contributed by atoms with E-state index in [2.05, 4.69) is 0 Å². The minimum absolute atomic E-state index is 0. The molecule has 0 rings (SSSR count). The molecule has 0 heterocycles. The minimum Gasteiger partial charge on any atom is 0 e. The monoisotopic (exact) mass is 334 g/mol. The minimum atomic E-state index is 0. The summed E-state index contributed by atoms with van der Waals surface area (Å²) in [4.78, 5) is 0. The summed E-state index contributed by atoms with van der Waals surface area (Å²) in [5.41, 5.74) is 0. The average molecular weight is 333 g/mol. The Labute approximate surface area is 123 Å². The summed E-state index contributed by atoms with van der Waals surface area (Å²) in [6.45, 7) is 0. The van der Waals surface area contributed by atoms with Crippen LogP contribution in [0.4, 0.5) is 0 Å². The molecular formula is H4FeMgMoSrZn. The molecule has 0 nitrogen and oxygen atoms in total. The Kier molecular flexibility index (Phi) is 173. The summed E-state index contributed by atoms with van der Waals surface area (Å²) in [6, 6.07) is 0. The molecule has 0 saturated carbocycles. The summed E-state index contributed by atoms with van der Waals surface area (Å²) in [6.07, 6.45) is 0. The van der Waals surface area contributed by atoms with Crippen molar-refractivity contribution in [2.75, 3.05) is 0 Å². The molecule has 0 bridgehead atoms. The number of hydrogen-bond donors (Lipinski definition) is 0. The Morgan fingerprint density at radius 2 is 1.00 bits per heavy atom. The van der Waals surface area contributed by atoms with Crippen molar-refractivity contribution in [2.45, 2.75) is 0 Å². The van der Waals surface area contributed by atoms with E-state index in [9.17, 15) is 0 Å². The molecule has 0 unspecified atom stereocenters. The molecule has 0 fully saturated rings. The molecule has 0 aromatic heterocycles. The Balaban J connectivity index is 0. The van der Waals surface area contributed by atoms with Crippen LogP contribution < -0.4 is 0 Å². The normalized spacial score (nSPS) is 0. The van der Waals surface area contributed by atoms with Crippen LogP contribution in [0.3, 0.4) is 0 Å². The zero-order valence-corrected chi connectivity index (χ0v) is 7.55. The molecule has 0 aliphatic heterocycles. The van der Waals surface area contributed by atoms with Gasteiger partial charge in [0, 0.05) is 57.6 Å². The van der Waals surface area contributed by atoms with Crippen molar-refractivity contribution in [1.29, 1.82) is 0 Å². The van der Waals surface area contributed by atoms with Crippen molar-refractivity contribution in [3.63, 3.8) is 0 Å². The third-order valence-electron chi connectivity index (χ3n) is 0. The predicted molar refractivity (Wildman–Crippen MR) is 17.1 cm³/mol. The second-order valence-electron chi connectivity index (χ2n) is 0. The van der Waals surface area contributed by atoms with Crippen molar-refractivity contribution in [3.05, 3.63) is 0 Å². The largest absolute Gasteiger partial charge is 0 e. The van der Waals surface area contributed by atoms with Gasteiger partial charge in [0.1, 0.15) is 0 Å². The average Bonchev–Trinajstić information content (AvgIpc) is 0. The molecule has 0 saturated heterocycles. The van der Waals surface area contributed by atoms with Gasteiger partial charge in [-0.15, -0.1) is 0 Å². The second-order valence-corrected chi connectivity index (χ2v) is 0. The maximum absolute atomic E-state index is 0. The van der Waals surface area contributed by atoms with Gasteiger partial charge < -0.3 is 0 Å². The van der Waals surface area contributed by atoms with Gasteiger partial charge >= 0.3 is 68.5 Å².